The third-order valence-electron chi connectivity index (χ3n) is 5.12. The Kier molecular flexibility index (Phi) is 8.11. The molecule has 0 saturated carbocycles. The van der Waals surface area contributed by atoms with Crippen LogP contribution in [-0.2, 0) is 21.4 Å². The molecule has 0 aliphatic carbocycles. The van der Waals surface area contributed by atoms with Gasteiger partial charge in [0.2, 0.25) is 10.0 Å². The number of carbonyl (C=O) groups is 1. The molecule has 1 N–H and O–H groups in total. The van der Waals surface area contributed by atoms with E-state index in [4.69, 9.17) is 16.3 Å². The molecule has 1 saturated heterocycles. The van der Waals surface area contributed by atoms with E-state index in [-0.39, 0.29) is 5.69 Å². The van der Waals surface area contributed by atoms with E-state index in [9.17, 15) is 13.2 Å². The number of hydrazone groups is 1. The minimum Gasteiger partial charge on any atom is -0.495 e. The molecule has 1 aliphatic heterocycles. The molecule has 1 aliphatic rings. The van der Waals surface area contributed by atoms with Crippen molar-refractivity contribution in [3.05, 3.63) is 59.1 Å². The lowest BCUT2D eigenvalue weighted by Gasteiger charge is -2.27. The Morgan fingerprint density at radius 3 is 2.50 bits per heavy atom. The van der Waals surface area contributed by atoms with Gasteiger partial charge in [-0.25, -0.2) is 13.8 Å². The van der Waals surface area contributed by atoms with Crippen molar-refractivity contribution in [3.63, 3.8) is 0 Å². The molecule has 1 amide bonds. The van der Waals surface area contributed by atoms with E-state index < -0.39 is 22.5 Å². The number of benzene rings is 2. The average Bonchev–Trinajstić information content (AvgIpc) is 2.77. The van der Waals surface area contributed by atoms with E-state index in [1.54, 1.807) is 12.1 Å². The van der Waals surface area contributed by atoms with E-state index in [2.05, 4.69) is 27.6 Å². The molecule has 1 heterocycles. The molecule has 0 bridgehead atoms. The number of carbonyl (C=O) groups excluding carboxylic acids is 1. The van der Waals surface area contributed by atoms with Gasteiger partial charge in [-0.3, -0.25) is 14.0 Å². The molecule has 0 spiro atoms. The maximum Gasteiger partial charge on any atom is 0.260 e. The molecule has 172 valence electrons. The molecular formula is C22H27ClN4O4S. The first kappa shape index (κ1) is 24.0. The number of likely N-dealkylation sites (tertiary alicyclic amines) is 1. The average molecular weight is 479 g/mol. The van der Waals surface area contributed by atoms with Crippen molar-refractivity contribution in [2.45, 2.75) is 19.4 Å². The van der Waals surface area contributed by atoms with Gasteiger partial charge in [0.1, 0.15) is 12.3 Å². The highest BCUT2D eigenvalue weighted by Crippen LogP contribution is 2.32. The summed E-state index contributed by atoms with van der Waals surface area (Å²) in [7, 11) is -2.34. The predicted molar refractivity (Wildman–Crippen MR) is 127 cm³/mol. The molecule has 0 unspecified atom stereocenters. The van der Waals surface area contributed by atoms with Crippen molar-refractivity contribution >= 4 is 38.9 Å². The predicted octanol–water partition coefficient (Wildman–Crippen LogP) is 2.88. The van der Waals surface area contributed by atoms with Crippen LogP contribution in [0.25, 0.3) is 0 Å². The molecule has 2 aromatic rings. The molecule has 8 nitrogen and oxygen atoms in total. The van der Waals surface area contributed by atoms with E-state index in [0.29, 0.717) is 10.8 Å². The third-order valence-corrected chi connectivity index (χ3v) is 6.48. The Morgan fingerprint density at radius 2 is 1.88 bits per heavy atom. The zero-order chi connectivity index (χ0) is 23.1. The number of sulfonamides is 1. The van der Waals surface area contributed by atoms with Gasteiger partial charge in [0.05, 0.1) is 19.1 Å². The van der Waals surface area contributed by atoms with Crippen molar-refractivity contribution < 1.29 is 17.9 Å². The number of ether oxygens (including phenoxy) is 1. The van der Waals surface area contributed by atoms with Crippen LogP contribution in [0.1, 0.15) is 18.4 Å². The van der Waals surface area contributed by atoms with E-state index >= 15 is 0 Å². The van der Waals surface area contributed by atoms with Crippen LogP contribution >= 0.6 is 11.6 Å². The second kappa shape index (κ2) is 10.8. The van der Waals surface area contributed by atoms with Crippen LogP contribution in [0, 0.1) is 0 Å². The third kappa shape index (κ3) is 6.69. The molecule has 10 heteroatoms. The lowest BCUT2D eigenvalue weighted by molar-refractivity contribution is -0.119. The second-order valence-corrected chi connectivity index (χ2v) is 9.90. The zero-order valence-electron chi connectivity index (χ0n) is 18.1. The van der Waals surface area contributed by atoms with Crippen LogP contribution in [0.3, 0.4) is 0 Å². The minimum atomic E-state index is -3.76. The zero-order valence-corrected chi connectivity index (χ0v) is 19.7. The van der Waals surface area contributed by atoms with Gasteiger partial charge in [0.25, 0.3) is 5.91 Å². The number of rotatable bonds is 8. The lowest BCUT2D eigenvalue weighted by atomic mass is 10.1. The van der Waals surface area contributed by atoms with Gasteiger partial charge in [-0.2, -0.15) is 5.10 Å². The van der Waals surface area contributed by atoms with E-state index in [1.165, 1.54) is 18.7 Å². The molecular weight excluding hydrogens is 452 g/mol. The summed E-state index contributed by atoms with van der Waals surface area (Å²) in [6.45, 7) is 2.13. The maximum atomic E-state index is 12.5. The fourth-order valence-corrected chi connectivity index (χ4v) is 4.49. The number of hydrogen-bond acceptors (Lipinski definition) is 6. The SMILES string of the molecule is COc1ccc(Cl)cc1N(CC(=O)NN=C1CCN(Cc2ccccc2)CC1)S(C)(=O)=O. The second-order valence-electron chi connectivity index (χ2n) is 7.56. The number of nitrogens with one attached hydrogen (secondary N) is 1. The van der Waals surface area contributed by atoms with Gasteiger partial charge in [0, 0.05) is 43.2 Å². The highest BCUT2D eigenvalue weighted by Gasteiger charge is 2.24. The van der Waals surface area contributed by atoms with Crippen LogP contribution in [0.15, 0.2) is 53.6 Å². The van der Waals surface area contributed by atoms with Crippen LogP contribution < -0.4 is 14.5 Å². The van der Waals surface area contributed by atoms with Crippen molar-refractivity contribution in [2.24, 2.45) is 5.10 Å². The van der Waals surface area contributed by atoms with Crippen molar-refractivity contribution in [3.8, 4) is 5.75 Å². The fraction of sp³-hybridized carbons (Fsp3) is 0.364. The summed E-state index contributed by atoms with van der Waals surface area (Å²) in [4.78, 5) is 14.8. The van der Waals surface area contributed by atoms with Crippen LogP contribution in [0.5, 0.6) is 5.75 Å². The Morgan fingerprint density at radius 1 is 1.19 bits per heavy atom. The molecule has 0 atom stereocenters. The summed E-state index contributed by atoms with van der Waals surface area (Å²) in [6.07, 6.45) is 2.50. The van der Waals surface area contributed by atoms with Gasteiger partial charge < -0.3 is 4.74 Å². The van der Waals surface area contributed by atoms with Crippen molar-refractivity contribution in [2.75, 3.05) is 37.3 Å². The largest absolute Gasteiger partial charge is 0.495 e. The normalized spacial score (nSPS) is 14.7. The van der Waals surface area contributed by atoms with Gasteiger partial charge in [-0.05, 0) is 23.8 Å². The Balaban J connectivity index is 1.59. The summed E-state index contributed by atoms with van der Waals surface area (Å²) in [6, 6.07) is 14.8. The number of anilines is 1. The monoisotopic (exact) mass is 478 g/mol. The molecule has 2 aromatic carbocycles. The number of methoxy groups -OCH3 is 1. The number of nitrogens with zero attached hydrogens (tertiary/aromatic N) is 3. The standard InChI is InChI=1S/C22H27ClN4O4S/c1-31-21-9-8-18(23)14-20(21)27(32(2,29)30)16-22(28)25-24-19-10-12-26(13-11-19)15-17-6-4-3-5-7-17/h3-9,14H,10-13,15-16H2,1-2H3,(H,25,28). The summed E-state index contributed by atoms with van der Waals surface area (Å²) in [5.41, 5.74) is 4.83. The maximum absolute atomic E-state index is 12.5. The highest BCUT2D eigenvalue weighted by atomic mass is 35.5. The minimum absolute atomic E-state index is 0.194. The number of piperidine rings is 1. The smallest absolute Gasteiger partial charge is 0.260 e. The Hall–Kier alpha value is -2.62. The van der Waals surface area contributed by atoms with Gasteiger partial charge >= 0.3 is 0 Å². The van der Waals surface area contributed by atoms with Crippen LogP contribution in [-0.4, -0.2) is 57.9 Å². The summed E-state index contributed by atoms with van der Waals surface area (Å²) in [5, 5.41) is 4.56. The summed E-state index contributed by atoms with van der Waals surface area (Å²) in [5.74, 6) is -0.249. The molecule has 0 radical (unpaired) electrons. The van der Waals surface area contributed by atoms with Gasteiger partial charge in [-0.1, -0.05) is 41.9 Å². The quantitative estimate of drug-likeness (QED) is 0.589. The van der Waals surface area contributed by atoms with E-state index in [1.807, 2.05) is 18.2 Å². The topological polar surface area (TPSA) is 91.3 Å². The highest BCUT2D eigenvalue weighted by molar-refractivity contribution is 7.92. The molecule has 3 rings (SSSR count). The number of hydrogen-bond donors (Lipinski definition) is 1. The molecule has 32 heavy (non-hydrogen) atoms. The van der Waals surface area contributed by atoms with Gasteiger partial charge in [-0.15, -0.1) is 0 Å². The fourth-order valence-electron chi connectivity index (χ4n) is 3.47. The lowest BCUT2D eigenvalue weighted by Crippen LogP contribution is -2.40. The number of amides is 1. The molecule has 1 fully saturated rings. The Bertz CT molecular complexity index is 1070. The van der Waals surface area contributed by atoms with Crippen LogP contribution in [0.4, 0.5) is 5.69 Å². The molecule has 0 aromatic heterocycles. The van der Waals surface area contributed by atoms with E-state index in [0.717, 1.165) is 48.7 Å². The Labute approximate surface area is 193 Å². The van der Waals surface area contributed by atoms with Crippen molar-refractivity contribution in [1.82, 2.24) is 10.3 Å². The summed E-state index contributed by atoms with van der Waals surface area (Å²) < 4.78 is 30.9. The van der Waals surface area contributed by atoms with Crippen molar-refractivity contribution in [1.29, 1.82) is 0 Å². The summed E-state index contributed by atoms with van der Waals surface area (Å²) >= 11 is 6.03. The first-order chi connectivity index (χ1) is 15.3. The number of halogens is 1. The first-order valence-corrected chi connectivity index (χ1v) is 12.4. The van der Waals surface area contributed by atoms with Gasteiger partial charge in [0.15, 0.2) is 0 Å². The van der Waals surface area contributed by atoms with Crippen LogP contribution in [0.2, 0.25) is 5.02 Å². The first-order valence-electron chi connectivity index (χ1n) is 10.2.